The van der Waals surface area contributed by atoms with E-state index in [0.717, 1.165) is 23.3 Å². The molecule has 0 aliphatic carbocycles. The number of aliphatic imine (C=N–C) groups is 1. The molecule has 0 amide bonds. The van der Waals surface area contributed by atoms with Crippen molar-refractivity contribution in [1.29, 1.82) is 0 Å². The molecule has 0 bridgehead atoms. The van der Waals surface area contributed by atoms with Crippen LogP contribution in [0.5, 0.6) is 0 Å². The molecule has 0 fully saturated rings. The summed E-state index contributed by atoms with van der Waals surface area (Å²) in [5.74, 6) is -0.385. The van der Waals surface area contributed by atoms with E-state index in [-0.39, 0.29) is 17.2 Å². The first-order chi connectivity index (χ1) is 9.49. The van der Waals surface area contributed by atoms with Crippen molar-refractivity contribution in [2.45, 2.75) is 38.9 Å². The van der Waals surface area contributed by atoms with Crippen LogP contribution in [0.15, 0.2) is 15.7 Å². The molecule has 20 heavy (non-hydrogen) atoms. The van der Waals surface area contributed by atoms with Crippen LogP contribution < -0.4 is 5.19 Å². The van der Waals surface area contributed by atoms with Crippen molar-refractivity contribution in [2.24, 2.45) is 4.99 Å². The maximum absolute atomic E-state index is 14.8. The fraction of sp³-hybridized carbons (Fsp3) is 0.571. The molecule has 0 radical (unpaired) electrons. The highest BCUT2D eigenvalue weighted by atomic mass is 79.9. The fourth-order valence-electron chi connectivity index (χ4n) is 2.63. The lowest BCUT2D eigenvalue weighted by molar-refractivity contribution is 0.574. The van der Waals surface area contributed by atoms with Crippen molar-refractivity contribution in [2.75, 3.05) is 13.7 Å². The van der Waals surface area contributed by atoms with E-state index in [1.165, 1.54) is 7.05 Å². The summed E-state index contributed by atoms with van der Waals surface area (Å²) in [6.07, 6.45) is 0. The van der Waals surface area contributed by atoms with Crippen molar-refractivity contribution in [1.82, 2.24) is 4.98 Å². The van der Waals surface area contributed by atoms with E-state index >= 15 is 0 Å². The summed E-state index contributed by atoms with van der Waals surface area (Å²) in [4.78, 5) is 7.90. The van der Waals surface area contributed by atoms with Crippen LogP contribution in [0.25, 0.3) is 0 Å². The molecule has 2 nitrogen and oxygen atoms in total. The average Bonchev–Trinajstić information content (AvgIpc) is 2.47. The third kappa shape index (κ3) is 3.16. The zero-order valence-electron chi connectivity index (χ0n) is 12.4. The van der Waals surface area contributed by atoms with Gasteiger partial charge in [-0.05, 0) is 27.2 Å². The molecule has 0 saturated carbocycles. The predicted octanol–water partition coefficient (Wildman–Crippen LogP) is 4.09. The molecule has 0 N–H and O–H groups in total. The topological polar surface area (TPSA) is 25.2 Å². The monoisotopic (exact) mass is 362 g/mol. The van der Waals surface area contributed by atoms with E-state index in [2.05, 4.69) is 46.7 Å². The molecule has 0 atom stereocenters. The number of nitrogens with zero attached hydrogens (tertiary/aromatic N) is 2. The first-order valence-corrected chi connectivity index (χ1v) is 10.3. The Morgan fingerprint density at radius 3 is 2.25 bits per heavy atom. The molecule has 1 rings (SSSR count). The lowest BCUT2D eigenvalue weighted by atomic mass is 10.2. The van der Waals surface area contributed by atoms with Gasteiger partial charge in [-0.3, -0.25) is 4.99 Å². The van der Waals surface area contributed by atoms with E-state index in [1.807, 2.05) is 0 Å². The normalized spacial score (nSPS) is 12.8. The van der Waals surface area contributed by atoms with Gasteiger partial charge < -0.3 is 0 Å². The number of hydrogen-bond acceptors (Lipinski definition) is 2. The highest BCUT2D eigenvalue weighted by Crippen LogP contribution is 2.24. The molecule has 1 aromatic rings. The molecule has 0 saturated heterocycles. The van der Waals surface area contributed by atoms with Crippen LogP contribution in [0.4, 0.5) is 8.78 Å². The van der Waals surface area contributed by atoms with Crippen molar-refractivity contribution >= 4 is 34.9 Å². The minimum Gasteiger partial charge on any atom is -0.288 e. The number of aromatic nitrogens is 1. The van der Waals surface area contributed by atoms with Gasteiger partial charge in [-0.15, -0.1) is 0 Å². The smallest absolute Gasteiger partial charge is 0.150 e. The molecule has 6 heteroatoms. The van der Waals surface area contributed by atoms with Crippen molar-refractivity contribution in [3.63, 3.8) is 0 Å². The summed E-state index contributed by atoms with van der Waals surface area (Å²) < 4.78 is 28.4. The summed E-state index contributed by atoms with van der Waals surface area (Å²) in [7, 11) is -0.436. The van der Waals surface area contributed by atoms with Crippen molar-refractivity contribution < 1.29 is 8.78 Å². The first kappa shape index (κ1) is 17.4. The second-order valence-corrected chi connectivity index (χ2v) is 10.8. The van der Waals surface area contributed by atoms with Gasteiger partial charge in [-0.1, -0.05) is 38.9 Å². The van der Waals surface area contributed by atoms with Crippen LogP contribution in [0.1, 0.15) is 26.5 Å². The molecule has 1 aromatic heterocycles. The van der Waals surface area contributed by atoms with Gasteiger partial charge in [0, 0.05) is 7.05 Å². The second kappa shape index (κ2) is 7.40. The van der Waals surface area contributed by atoms with E-state index in [0.29, 0.717) is 4.60 Å². The van der Waals surface area contributed by atoms with Gasteiger partial charge in [0.2, 0.25) is 0 Å². The van der Waals surface area contributed by atoms with E-state index in [1.54, 1.807) is 6.07 Å². The predicted molar refractivity (Wildman–Crippen MR) is 87.2 cm³/mol. The Morgan fingerprint density at radius 2 is 1.85 bits per heavy atom. The minimum atomic E-state index is -1.89. The number of pyridine rings is 1. The van der Waals surface area contributed by atoms with Crippen LogP contribution in [0, 0.1) is 5.82 Å². The molecule has 0 unspecified atom stereocenters. The largest absolute Gasteiger partial charge is 0.288 e. The maximum atomic E-state index is 14.8. The first-order valence-electron chi connectivity index (χ1n) is 6.88. The molecular formula is C14H21BrF2N2Si. The lowest BCUT2D eigenvalue weighted by Gasteiger charge is -2.29. The Bertz CT molecular complexity index is 494. The van der Waals surface area contributed by atoms with Gasteiger partial charge in [0.15, 0.2) is 0 Å². The number of rotatable bonds is 6. The Kier molecular flexibility index (Phi) is 6.45. The van der Waals surface area contributed by atoms with Gasteiger partial charge in [-0.25, -0.2) is 13.8 Å². The summed E-state index contributed by atoms with van der Waals surface area (Å²) >= 11 is 3.32. The lowest BCUT2D eigenvalue weighted by Crippen LogP contribution is -2.48. The number of alkyl halides is 1. The third-order valence-corrected chi connectivity index (χ3v) is 10.2. The number of hydrogen-bond donors (Lipinski definition) is 0. The molecule has 0 aliphatic rings. The molecule has 0 spiro atoms. The van der Waals surface area contributed by atoms with Gasteiger partial charge in [0.25, 0.3) is 0 Å². The molecular weight excluding hydrogens is 342 g/mol. The van der Waals surface area contributed by atoms with Crippen molar-refractivity contribution in [3.05, 3.63) is 22.2 Å². The Morgan fingerprint density at radius 1 is 1.30 bits per heavy atom. The highest BCUT2D eigenvalue weighted by molar-refractivity contribution is 9.10. The van der Waals surface area contributed by atoms with E-state index < -0.39 is 14.7 Å². The summed E-state index contributed by atoms with van der Waals surface area (Å²) in [5.41, 5.74) is 0.114. The minimum absolute atomic E-state index is 0.0478. The van der Waals surface area contributed by atoms with Crippen LogP contribution in [0.2, 0.25) is 18.1 Å². The van der Waals surface area contributed by atoms with E-state index in [9.17, 15) is 8.78 Å². The molecule has 0 aliphatic heterocycles. The average molecular weight is 363 g/mol. The van der Waals surface area contributed by atoms with Crippen LogP contribution in [-0.4, -0.2) is 32.5 Å². The molecule has 1 heterocycles. The maximum Gasteiger partial charge on any atom is 0.150 e. The van der Waals surface area contributed by atoms with Crippen LogP contribution in [-0.2, 0) is 0 Å². The molecule has 112 valence electrons. The quantitative estimate of drug-likeness (QED) is 0.425. The zero-order chi connectivity index (χ0) is 15.3. The zero-order valence-corrected chi connectivity index (χ0v) is 15.0. The number of halogens is 3. The van der Waals surface area contributed by atoms with Crippen LogP contribution in [0.3, 0.4) is 0 Å². The SMILES string of the molecule is CC[Si](CC)(CC)c1cc(Br)nc(C(CF)=NC)c1F. The Hall–Kier alpha value is -0.623. The third-order valence-electron chi connectivity index (χ3n) is 4.20. The summed E-state index contributed by atoms with van der Waals surface area (Å²) in [6.45, 7) is 5.51. The second-order valence-electron chi connectivity index (χ2n) is 4.80. The van der Waals surface area contributed by atoms with Gasteiger partial charge in [0.05, 0.1) is 13.8 Å². The fourth-order valence-corrected chi connectivity index (χ4v) is 6.91. The van der Waals surface area contributed by atoms with Gasteiger partial charge >= 0.3 is 0 Å². The van der Waals surface area contributed by atoms with Gasteiger partial charge in [-0.2, -0.15) is 0 Å². The summed E-state index contributed by atoms with van der Waals surface area (Å²) in [6, 6.07) is 4.65. The molecule has 0 aromatic carbocycles. The van der Waals surface area contributed by atoms with Crippen molar-refractivity contribution in [3.8, 4) is 0 Å². The standard InChI is InChI=1S/C14H21BrF2N2Si/c1-5-20(6-2,7-3)11-8-12(15)19-14(13(11)17)10(9-16)18-4/h8H,5-7,9H2,1-4H3. The van der Waals surface area contributed by atoms with E-state index in [4.69, 9.17) is 0 Å². The Labute approximate surface area is 128 Å². The highest BCUT2D eigenvalue weighted by Gasteiger charge is 2.34. The van der Waals surface area contributed by atoms with Crippen LogP contribution >= 0.6 is 15.9 Å². The Balaban J connectivity index is 3.57. The summed E-state index contributed by atoms with van der Waals surface area (Å²) in [5, 5.41) is 0.733. The van der Waals surface area contributed by atoms with Gasteiger partial charge in [0.1, 0.15) is 22.8 Å².